The van der Waals surface area contributed by atoms with Gasteiger partial charge in [-0.05, 0) is 45.4 Å². The van der Waals surface area contributed by atoms with Crippen LogP contribution in [0.4, 0.5) is 4.79 Å². The van der Waals surface area contributed by atoms with E-state index in [1.54, 1.807) is 0 Å². The Bertz CT molecular complexity index is 248. The van der Waals surface area contributed by atoms with Gasteiger partial charge in [-0.1, -0.05) is 13.3 Å². The number of aliphatic hydroxyl groups excluding tert-OH is 1. The molecule has 0 radical (unpaired) electrons. The molecule has 0 aromatic rings. The molecule has 18 heavy (non-hydrogen) atoms. The van der Waals surface area contributed by atoms with E-state index in [2.05, 4.69) is 26.1 Å². The van der Waals surface area contributed by atoms with Crippen LogP contribution in [0.1, 0.15) is 52.9 Å². The summed E-state index contributed by atoms with van der Waals surface area (Å²) in [4.78, 5) is 14.2. The van der Waals surface area contributed by atoms with Gasteiger partial charge in [0.1, 0.15) is 0 Å². The predicted molar refractivity (Wildman–Crippen MR) is 73.5 cm³/mol. The smallest absolute Gasteiger partial charge is 0.317 e. The first-order chi connectivity index (χ1) is 8.60. The quantitative estimate of drug-likeness (QED) is 0.793. The van der Waals surface area contributed by atoms with Gasteiger partial charge in [-0.2, -0.15) is 0 Å². The average molecular weight is 256 g/mol. The highest BCUT2D eigenvalue weighted by Gasteiger charge is 2.28. The average Bonchev–Trinajstić information content (AvgIpc) is 2.34. The number of nitrogens with one attached hydrogen (secondary N) is 1. The summed E-state index contributed by atoms with van der Waals surface area (Å²) in [7, 11) is 0. The maximum atomic E-state index is 12.2. The van der Waals surface area contributed by atoms with Crippen molar-refractivity contribution in [3.8, 4) is 0 Å². The Morgan fingerprint density at radius 2 is 2.00 bits per heavy atom. The molecule has 0 spiro atoms. The van der Waals surface area contributed by atoms with Crippen molar-refractivity contribution in [2.45, 2.75) is 65.0 Å². The van der Waals surface area contributed by atoms with E-state index >= 15 is 0 Å². The molecule has 2 N–H and O–H groups in total. The number of aliphatic hydroxyl groups is 1. The Hall–Kier alpha value is -0.770. The van der Waals surface area contributed by atoms with Crippen molar-refractivity contribution in [3.05, 3.63) is 0 Å². The Labute approximate surface area is 111 Å². The SMILES string of the molecule is CCC(CCO)CNC(=O)N1C(C)CCCC1C. The maximum absolute atomic E-state index is 12.2. The lowest BCUT2D eigenvalue weighted by Crippen LogP contribution is -2.52. The minimum absolute atomic E-state index is 0.0612. The summed E-state index contributed by atoms with van der Waals surface area (Å²) in [6, 6.07) is 0.740. The standard InChI is InChI=1S/C14H28N2O2/c1-4-13(8-9-17)10-15-14(18)16-11(2)6-5-7-12(16)3/h11-13,17H,4-10H2,1-3H3,(H,15,18). The second-order valence-electron chi connectivity index (χ2n) is 5.51. The van der Waals surface area contributed by atoms with Gasteiger partial charge < -0.3 is 15.3 Å². The summed E-state index contributed by atoms with van der Waals surface area (Å²) in [6.45, 7) is 7.22. The van der Waals surface area contributed by atoms with Crippen LogP contribution in [0.2, 0.25) is 0 Å². The van der Waals surface area contributed by atoms with Gasteiger partial charge in [0.15, 0.2) is 0 Å². The summed E-state index contributed by atoms with van der Waals surface area (Å²) in [5.74, 6) is 0.384. The lowest BCUT2D eigenvalue weighted by Gasteiger charge is -2.39. The molecule has 1 aliphatic rings. The van der Waals surface area contributed by atoms with Crippen LogP contribution in [0.3, 0.4) is 0 Å². The van der Waals surface area contributed by atoms with Crippen LogP contribution in [0.15, 0.2) is 0 Å². The van der Waals surface area contributed by atoms with Gasteiger partial charge >= 0.3 is 6.03 Å². The number of piperidine rings is 1. The van der Waals surface area contributed by atoms with Crippen molar-refractivity contribution in [2.75, 3.05) is 13.2 Å². The first-order valence-corrected chi connectivity index (χ1v) is 7.27. The predicted octanol–water partition coefficient (Wildman–Crippen LogP) is 2.37. The Morgan fingerprint density at radius 1 is 1.39 bits per heavy atom. The van der Waals surface area contributed by atoms with Crippen molar-refractivity contribution in [1.29, 1.82) is 0 Å². The topological polar surface area (TPSA) is 52.6 Å². The monoisotopic (exact) mass is 256 g/mol. The molecule has 4 heteroatoms. The third-order valence-corrected chi connectivity index (χ3v) is 4.08. The Kier molecular flexibility index (Phi) is 6.47. The molecule has 4 nitrogen and oxygen atoms in total. The van der Waals surface area contributed by atoms with Gasteiger partial charge in [0.25, 0.3) is 0 Å². The van der Waals surface area contributed by atoms with Crippen molar-refractivity contribution in [2.24, 2.45) is 5.92 Å². The second kappa shape index (κ2) is 7.62. The number of carbonyl (C=O) groups is 1. The van der Waals surface area contributed by atoms with E-state index < -0.39 is 0 Å². The second-order valence-corrected chi connectivity index (χ2v) is 5.51. The molecule has 0 aromatic heterocycles. The van der Waals surface area contributed by atoms with Crippen LogP contribution in [0, 0.1) is 5.92 Å². The molecular weight excluding hydrogens is 228 g/mol. The molecule has 1 rings (SSSR count). The highest BCUT2D eigenvalue weighted by atomic mass is 16.3. The normalized spacial score (nSPS) is 25.9. The summed E-state index contributed by atoms with van der Waals surface area (Å²) >= 11 is 0. The summed E-state index contributed by atoms with van der Waals surface area (Å²) in [6.07, 6.45) is 5.18. The van der Waals surface area contributed by atoms with E-state index in [-0.39, 0.29) is 12.6 Å². The number of carbonyl (C=O) groups excluding carboxylic acids is 1. The minimum atomic E-state index is 0.0612. The summed E-state index contributed by atoms with van der Waals surface area (Å²) in [5.41, 5.74) is 0. The molecule has 0 bridgehead atoms. The minimum Gasteiger partial charge on any atom is -0.396 e. The van der Waals surface area contributed by atoms with E-state index in [1.165, 1.54) is 6.42 Å². The molecule has 1 fully saturated rings. The van der Waals surface area contributed by atoms with Gasteiger partial charge in [-0.3, -0.25) is 0 Å². The lowest BCUT2D eigenvalue weighted by molar-refractivity contribution is 0.121. The maximum Gasteiger partial charge on any atom is 0.317 e. The number of hydrogen-bond acceptors (Lipinski definition) is 2. The van der Waals surface area contributed by atoms with Gasteiger partial charge in [0, 0.05) is 25.2 Å². The molecule has 0 aromatic carbocycles. The molecule has 1 aliphatic heterocycles. The van der Waals surface area contributed by atoms with E-state index in [4.69, 9.17) is 5.11 Å². The number of likely N-dealkylation sites (tertiary alicyclic amines) is 1. The van der Waals surface area contributed by atoms with E-state index in [0.29, 0.717) is 24.5 Å². The van der Waals surface area contributed by atoms with Gasteiger partial charge in [-0.15, -0.1) is 0 Å². The third kappa shape index (κ3) is 4.16. The van der Waals surface area contributed by atoms with Crippen LogP contribution < -0.4 is 5.32 Å². The van der Waals surface area contributed by atoms with Crippen LogP contribution in [0.5, 0.6) is 0 Å². The van der Waals surface area contributed by atoms with E-state index in [9.17, 15) is 4.79 Å². The fourth-order valence-corrected chi connectivity index (χ4v) is 2.78. The lowest BCUT2D eigenvalue weighted by atomic mass is 9.98. The van der Waals surface area contributed by atoms with E-state index in [0.717, 1.165) is 25.7 Å². The van der Waals surface area contributed by atoms with Crippen LogP contribution in [-0.2, 0) is 0 Å². The zero-order chi connectivity index (χ0) is 13.5. The number of rotatable bonds is 5. The summed E-state index contributed by atoms with van der Waals surface area (Å²) < 4.78 is 0. The largest absolute Gasteiger partial charge is 0.396 e. The highest BCUT2D eigenvalue weighted by molar-refractivity contribution is 5.75. The number of nitrogens with zero attached hydrogens (tertiary/aromatic N) is 1. The van der Waals surface area contributed by atoms with Crippen molar-refractivity contribution >= 4 is 6.03 Å². The molecule has 1 heterocycles. The third-order valence-electron chi connectivity index (χ3n) is 4.08. The number of amides is 2. The first-order valence-electron chi connectivity index (χ1n) is 7.27. The van der Waals surface area contributed by atoms with Gasteiger partial charge in [0.2, 0.25) is 0 Å². The van der Waals surface area contributed by atoms with Crippen LogP contribution >= 0.6 is 0 Å². The fraction of sp³-hybridized carbons (Fsp3) is 0.929. The number of urea groups is 1. The molecule has 3 unspecified atom stereocenters. The zero-order valence-electron chi connectivity index (χ0n) is 12.0. The van der Waals surface area contributed by atoms with Crippen LogP contribution in [-0.4, -0.2) is 41.3 Å². The zero-order valence-corrected chi connectivity index (χ0v) is 12.0. The first kappa shape index (κ1) is 15.3. The van der Waals surface area contributed by atoms with Crippen LogP contribution in [0.25, 0.3) is 0 Å². The summed E-state index contributed by atoms with van der Waals surface area (Å²) in [5, 5.41) is 12.0. The fourth-order valence-electron chi connectivity index (χ4n) is 2.78. The molecule has 1 saturated heterocycles. The molecule has 2 amide bonds. The van der Waals surface area contributed by atoms with Crippen molar-refractivity contribution in [3.63, 3.8) is 0 Å². The van der Waals surface area contributed by atoms with E-state index in [1.807, 2.05) is 4.90 Å². The Balaban J connectivity index is 2.43. The Morgan fingerprint density at radius 3 is 2.50 bits per heavy atom. The van der Waals surface area contributed by atoms with Crippen molar-refractivity contribution in [1.82, 2.24) is 10.2 Å². The number of hydrogen-bond donors (Lipinski definition) is 2. The highest BCUT2D eigenvalue weighted by Crippen LogP contribution is 2.22. The van der Waals surface area contributed by atoms with Gasteiger partial charge in [0.05, 0.1) is 0 Å². The van der Waals surface area contributed by atoms with Crippen molar-refractivity contribution < 1.29 is 9.90 Å². The molecule has 106 valence electrons. The molecule has 0 saturated carbocycles. The molecule has 0 aliphatic carbocycles. The molecular formula is C14H28N2O2. The molecule has 3 atom stereocenters. The van der Waals surface area contributed by atoms with Gasteiger partial charge in [-0.25, -0.2) is 4.79 Å².